The molecule has 2 aromatic carbocycles. The lowest BCUT2D eigenvalue weighted by Crippen LogP contribution is -1.93. The summed E-state index contributed by atoms with van der Waals surface area (Å²) in [5, 5.41) is 0. The maximum absolute atomic E-state index is 5.48. The number of methoxy groups -OCH3 is 1. The van der Waals surface area contributed by atoms with E-state index in [1.165, 1.54) is 0 Å². The summed E-state index contributed by atoms with van der Waals surface area (Å²) >= 11 is 0. The van der Waals surface area contributed by atoms with Crippen LogP contribution in [0.25, 0.3) is 0 Å². The van der Waals surface area contributed by atoms with E-state index in [0.717, 1.165) is 22.7 Å². The van der Waals surface area contributed by atoms with Crippen LogP contribution in [0.5, 0.6) is 11.5 Å². The molecule has 3 nitrogen and oxygen atoms in total. The fourth-order valence-corrected chi connectivity index (χ4v) is 1.66. The number of hydrogen-bond donors (Lipinski definition) is 0. The van der Waals surface area contributed by atoms with Gasteiger partial charge in [0, 0.05) is 6.21 Å². The van der Waals surface area contributed by atoms with Crippen molar-refractivity contribution in [2.24, 2.45) is 4.99 Å². The van der Waals surface area contributed by atoms with Crippen LogP contribution in [0.3, 0.4) is 0 Å². The van der Waals surface area contributed by atoms with E-state index < -0.39 is 0 Å². The van der Waals surface area contributed by atoms with E-state index in [4.69, 9.17) is 9.47 Å². The first-order valence-electron chi connectivity index (χ1n) is 6.33. The zero-order valence-electron chi connectivity index (χ0n) is 11.5. The molecule has 0 aliphatic rings. The fraction of sp³-hybridized carbons (Fsp3) is 0.118. The van der Waals surface area contributed by atoms with Gasteiger partial charge in [0.25, 0.3) is 0 Å². The van der Waals surface area contributed by atoms with Crippen LogP contribution in [0.4, 0.5) is 5.69 Å². The smallest absolute Gasteiger partial charge is 0.120 e. The second-order valence-electron chi connectivity index (χ2n) is 4.13. The van der Waals surface area contributed by atoms with Crippen LogP contribution < -0.4 is 9.47 Å². The molecule has 20 heavy (non-hydrogen) atoms. The van der Waals surface area contributed by atoms with Crippen molar-refractivity contribution in [3.8, 4) is 11.5 Å². The predicted octanol–water partition coefficient (Wildman–Crippen LogP) is 4.01. The van der Waals surface area contributed by atoms with Gasteiger partial charge in [0.15, 0.2) is 0 Å². The van der Waals surface area contributed by atoms with E-state index in [-0.39, 0.29) is 0 Å². The Morgan fingerprint density at radius 1 is 1.10 bits per heavy atom. The number of hydrogen-bond acceptors (Lipinski definition) is 3. The van der Waals surface area contributed by atoms with E-state index in [1.54, 1.807) is 13.2 Å². The normalized spacial score (nSPS) is 10.4. The van der Waals surface area contributed by atoms with Crippen molar-refractivity contribution in [2.45, 2.75) is 0 Å². The van der Waals surface area contributed by atoms with E-state index in [0.29, 0.717) is 6.61 Å². The summed E-state index contributed by atoms with van der Waals surface area (Å²) in [6, 6.07) is 15.4. The van der Waals surface area contributed by atoms with Gasteiger partial charge in [-0.3, -0.25) is 4.99 Å². The van der Waals surface area contributed by atoms with Gasteiger partial charge >= 0.3 is 0 Å². The molecule has 0 saturated carbocycles. The molecule has 0 radical (unpaired) electrons. The van der Waals surface area contributed by atoms with Crippen molar-refractivity contribution in [1.82, 2.24) is 0 Å². The van der Waals surface area contributed by atoms with Crippen molar-refractivity contribution >= 4 is 11.9 Å². The Kier molecular flexibility index (Phi) is 4.95. The van der Waals surface area contributed by atoms with Crippen molar-refractivity contribution < 1.29 is 9.47 Å². The van der Waals surface area contributed by atoms with Gasteiger partial charge in [-0.2, -0.15) is 0 Å². The van der Waals surface area contributed by atoms with E-state index in [9.17, 15) is 0 Å². The number of nitrogens with zero attached hydrogens (tertiary/aromatic N) is 1. The van der Waals surface area contributed by atoms with Crippen LogP contribution in [-0.2, 0) is 0 Å². The van der Waals surface area contributed by atoms with Gasteiger partial charge in [0.05, 0.1) is 12.8 Å². The van der Waals surface area contributed by atoms with Gasteiger partial charge in [0.1, 0.15) is 18.1 Å². The van der Waals surface area contributed by atoms with Crippen LogP contribution in [0.1, 0.15) is 5.56 Å². The molecule has 0 amide bonds. The van der Waals surface area contributed by atoms with Gasteiger partial charge < -0.3 is 9.47 Å². The Morgan fingerprint density at radius 3 is 2.60 bits per heavy atom. The molecular formula is C17H17NO2. The Balaban J connectivity index is 2.07. The summed E-state index contributed by atoms with van der Waals surface area (Å²) in [5.41, 5.74) is 1.87. The highest BCUT2D eigenvalue weighted by atomic mass is 16.5. The highest BCUT2D eigenvalue weighted by molar-refractivity contribution is 5.82. The zero-order valence-corrected chi connectivity index (χ0v) is 11.5. The number of rotatable bonds is 6. The van der Waals surface area contributed by atoms with E-state index in [1.807, 2.05) is 54.7 Å². The van der Waals surface area contributed by atoms with Gasteiger partial charge in [-0.15, -0.1) is 0 Å². The standard InChI is InChI=1S/C17H17NO2/c1-3-11-20-17-6-4-5-14(12-17)13-18-15-7-9-16(19-2)10-8-15/h3-10,12-13H,1,11H2,2H3. The van der Waals surface area contributed by atoms with Crippen LogP contribution >= 0.6 is 0 Å². The summed E-state index contributed by atoms with van der Waals surface area (Å²) in [7, 11) is 1.65. The lowest BCUT2D eigenvalue weighted by molar-refractivity contribution is 0.363. The largest absolute Gasteiger partial charge is 0.497 e. The molecule has 0 unspecified atom stereocenters. The second kappa shape index (κ2) is 7.14. The van der Waals surface area contributed by atoms with Crippen LogP contribution in [0.2, 0.25) is 0 Å². The van der Waals surface area contributed by atoms with Gasteiger partial charge in [-0.05, 0) is 42.0 Å². The van der Waals surface area contributed by atoms with Crippen molar-refractivity contribution in [1.29, 1.82) is 0 Å². The second-order valence-corrected chi connectivity index (χ2v) is 4.13. The summed E-state index contributed by atoms with van der Waals surface area (Å²) in [4.78, 5) is 4.42. The molecule has 0 N–H and O–H groups in total. The zero-order chi connectivity index (χ0) is 14.2. The predicted molar refractivity (Wildman–Crippen MR) is 82.4 cm³/mol. The first-order valence-corrected chi connectivity index (χ1v) is 6.33. The van der Waals surface area contributed by atoms with Crippen molar-refractivity contribution in [2.75, 3.05) is 13.7 Å². The highest BCUT2D eigenvalue weighted by Crippen LogP contribution is 2.18. The summed E-state index contributed by atoms with van der Waals surface area (Å²) < 4.78 is 10.6. The number of benzene rings is 2. The molecule has 2 rings (SSSR count). The SMILES string of the molecule is C=CCOc1cccc(C=Nc2ccc(OC)cc2)c1. The fourth-order valence-electron chi connectivity index (χ4n) is 1.66. The van der Waals surface area contributed by atoms with Crippen LogP contribution in [0, 0.1) is 0 Å². The molecule has 0 fully saturated rings. The number of aliphatic imine (C=N–C) groups is 1. The molecule has 0 bridgehead atoms. The molecule has 0 spiro atoms. The first kappa shape index (κ1) is 13.9. The molecule has 102 valence electrons. The van der Waals surface area contributed by atoms with Crippen LogP contribution in [-0.4, -0.2) is 19.9 Å². The third kappa shape index (κ3) is 3.99. The monoisotopic (exact) mass is 267 g/mol. The summed E-state index contributed by atoms with van der Waals surface area (Å²) in [6.07, 6.45) is 3.53. The Labute approximate surface area is 119 Å². The minimum Gasteiger partial charge on any atom is -0.497 e. The van der Waals surface area contributed by atoms with E-state index >= 15 is 0 Å². The first-order chi connectivity index (χ1) is 9.81. The third-order valence-corrected chi connectivity index (χ3v) is 2.66. The minimum absolute atomic E-state index is 0.499. The van der Waals surface area contributed by atoms with E-state index in [2.05, 4.69) is 11.6 Å². The Bertz CT molecular complexity index is 588. The van der Waals surface area contributed by atoms with Crippen LogP contribution in [0.15, 0.2) is 66.2 Å². The van der Waals surface area contributed by atoms with Gasteiger partial charge in [-0.25, -0.2) is 0 Å². The Morgan fingerprint density at radius 2 is 1.90 bits per heavy atom. The van der Waals surface area contributed by atoms with Gasteiger partial charge in [0.2, 0.25) is 0 Å². The van der Waals surface area contributed by atoms with Gasteiger partial charge in [-0.1, -0.05) is 24.8 Å². The van der Waals surface area contributed by atoms with Crippen molar-refractivity contribution in [3.05, 3.63) is 66.7 Å². The average Bonchev–Trinajstić information content (AvgIpc) is 2.52. The minimum atomic E-state index is 0.499. The molecule has 3 heteroatoms. The Hall–Kier alpha value is -2.55. The third-order valence-electron chi connectivity index (χ3n) is 2.66. The maximum atomic E-state index is 5.48. The maximum Gasteiger partial charge on any atom is 0.120 e. The molecule has 2 aromatic rings. The topological polar surface area (TPSA) is 30.8 Å². The highest BCUT2D eigenvalue weighted by Gasteiger charge is 1.95. The molecule has 0 heterocycles. The molecule has 0 atom stereocenters. The number of ether oxygens (including phenoxy) is 2. The molecule has 0 aliphatic heterocycles. The van der Waals surface area contributed by atoms with Crippen molar-refractivity contribution in [3.63, 3.8) is 0 Å². The molecular weight excluding hydrogens is 250 g/mol. The summed E-state index contributed by atoms with van der Waals surface area (Å²) in [5.74, 6) is 1.63. The summed E-state index contributed by atoms with van der Waals surface area (Å²) in [6.45, 7) is 4.13. The lowest BCUT2D eigenvalue weighted by atomic mass is 10.2. The lowest BCUT2D eigenvalue weighted by Gasteiger charge is -2.03. The molecule has 0 saturated heterocycles. The quantitative estimate of drug-likeness (QED) is 0.585. The average molecular weight is 267 g/mol. The molecule has 0 aromatic heterocycles. The molecule has 0 aliphatic carbocycles.